The largest absolute Gasteiger partial charge is 0.493 e. The van der Waals surface area contributed by atoms with Gasteiger partial charge in [0.1, 0.15) is 5.82 Å². The van der Waals surface area contributed by atoms with Crippen molar-refractivity contribution >= 4 is 74.6 Å². The first-order chi connectivity index (χ1) is 12.4. The molecule has 1 N–H and O–H groups in total. The predicted molar refractivity (Wildman–Crippen MR) is 111 cm³/mol. The van der Waals surface area contributed by atoms with Crippen molar-refractivity contribution in [2.45, 2.75) is 0 Å². The molecule has 0 aliphatic carbocycles. The van der Waals surface area contributed by atoms with Crippen LogP contribution in [0.3, 0.4) is 0 Å². The van der Waals surface area contributed by atoms with Gasteiger partial charge in [0.25, 0.3) is 0 Å². The Morgan fingerprint density at radius 1 is 1.27 bits per heavy atom. The van der Waals surface area contributed by atoms with Crippen molar-refractivity contribution in [2.75, 3.05) is 0 Å². The lowest BCUT2D eigenvalue weighted by molar-refractivity contribution is 0.441. The van der Waals surface area contributed by atoms with Crippen molar-refractivity contribution < 1.29 is 9.50 Å². The Morgan fingerprint density at radius 2 is 2.08 bits per heavy atom. The summed E-state index contributed by atoms with van der Waals surface area (Å²) in [6.07, 6.45) is 3.58. The lowest BCUT2D eigenvalue weighted by atomic mass is 10.1. The summed E-state index contributed by atoms with van der Waals surface area (Å²) in [4.78, 5) is 4.96. The van der Waals surface area contributed by atoms with Gasteiger partial charge in [-0.1, -0.05) is 27.5 Å². The van der Waals surface area contributed by atoms with Crippen LogP contribution in [0.15, 0.2) is 45.9 Å². The molecule has 0 saturated heterocycles. The fourth-order valence-corrected chi connectivity index (χ4v) is 4.48. The van der Waals surface area contributed by atoms with Crippen LogP contribution in [0.2, 0.25) is 5.02 Å². The Bertz CT molecular complexity index is 1170. The minimum absolute atomic E-state index is 0.0213. The van der Waals surface area contributed by atoms with E-state index in [1.54, 1.807) is 6.21 Å². The number of aliphatic imine (C=N–C) groups is 1. The van der Waals surface area contributed by atoms with E-state index < -0.39 is 5.82 Å². The average molecular weight is 468 g/mol. The molecule has 0 fully saturated rings. The fourth-order valence-electron chi connectivity index (χ4n) is 2.64. The monoisotopic (exact) mass is 466 g/mol. The van der Waals surface area contributed by atoms with Gasteiger partial charge in [-0.05, 0) is 54.7 Å². The van der Waals surface area contributed by atoms with Gasteiger partial charge in [-0.25, -0.2) is 4.39 Å². The minimum Gasteiger partial charge on any atom is -0.493 e. The number of hydrogen-bond donors (Lipinski definition) is 1. The summed E-state index contributed by atoms with van der Waals surface area (Å²) in [5, 5.41) is 10.6. The first-order valence-corrected chi connectivity index (χ1v) is 9.79. The maximum atomic E-state index is 13.4. The van der Waals surface area contributed by atoms with Crippen molar-refractivity contribution in [3.8, 4) is 11.6 Å². The molecule has 2 aromatic carbocycles. The molecule has 0 saturated carbocycles. The van der Waals surface area contributed by atoms with Crippen LogP contribution in [0, 0.1) is 9.77 Å². The second kappa shape index (κ2) is 6.74. The Kier molecular flexibility index (Phi) is 4.56. The summed E-state index contributed by atoms with van der Waals surface area (Å²) in [5.41, 5.74) is 3.21. The molecule has 3 nitrogen and oxygen atoms in total. The van der Waals surface area contributed by atoms with E-state index in [0.717, 1.165) is 21.3 Å². The number of fused-ring (bicyclic) bond motifs is 1. The van der Waals surface area contributed by atoms with E-state index in [1.807, 2.05) is 24.3 Å². The molecule has 0 unspecified atom stereocenters. The van der Waals surface area contributed by atoms with Gasteiger partial charge in [-0.15, -0.1) is 11.3 Å². The van der Waals surface area contributed by atoms with Crippen molar-refractivity contribution in [1.82, 2.24) is 4.57 Å². The molecule has 0 spiro atoms. The molecular formula is C18H9BrClFN2OS2. The summed E-state index contributed by atoms with van der Waals surface area (Å²) in [7, 11) is 0. The number of nitrogens with zero attached hydrogens (tertiary/aromatic N) is 2. The van der Waals surface area contributed by atoms with E-state index in [4.69, 9.17) is 23.8 Å². The zero-order chi connectivity index (χ0) is 18.4. The minimum atomic E-state index is -0.525. The highest BCUT2D eigenvalue weighted by molar-refractivity contribution is 9.10. The summed E-state index contributed by atoms with van der Waals surface area (Å²) in [5.74, 6) is -0.546. The van der Waals surface area contributed by atoms with Crippen LogP contribution in [-0.2, 0) is 0 Å². The SMILES string of the molecule is Oc1c(C=C2C=Nc3ccc(Br)cc32)sc(=S)n1-c1ccc(F)c(Cl)c1. The normalized spacial score (nSPS) is 14.2. The van der Waals surface area contributed by atoms with Crippen molar-refractivity contribution in [1.29, 1.82) is 0 Å². The summed E-state index contributed by atoms with van der Waals surface area (Å²) >= 11 is 15.9. The highest BCUT2D eigenvalue weighted by Gasteiger charge is 2.17. The van der Waals surface area contributed by atoms with Crippen LogP contribution in [0.1, 0.15) is 10.4 Å². The fraction of sp³-hybridized carbons (Fsp3) is 0. The second-order valence-corrected chi connectivity index (χ2v) is 8.51. The maximum absolute atomic E-state index is 13.4. The molecule has 3 aromatic rings. The molecule has 2 heterocycles. The molecule has 0 radical (unpaired) electrons. The van der Waals surface area contributed by atoms with E-state index >= 15 is 0 Å². The van der Waals surface area contributed by atoms with Gasteiger partial charge in [0.2, 0.25) is 5.88 Å². The lowest BCUT2D eigenvalue weighted by Crippen LogP contribution is -1.94. The molecule has 1 aliphatic heterocycles. The van der Waals surface area contributed by atoms with E-state index in [0.29, 0.717) is 14.5 Å². The summed E-state index contributed by atoms with van der Waals surface area (Å²) in [6.45, 7) is 0. The summed E-state index contributed by atoms with van der Waals surface area (Å²) in [6, 6.07) is 10.0. The van der Waals surface area contributed by atoms with Crippen LogP contribution < -0.4 is 0 Å². The third kappa shape index (κ3) is 3.05. The van der Waals surface area contributed by atoms with Gasteiger partial charge in [0, 0.05) is 21.8 Å². The molecule has 1 aliphatic rings. The smallest absolute Gasteiger partial charge is 0.215 e. The molecule has 0 bridgehead atoms. The highest BCUT2D eigenvalue weighted by atomic mass is 79.9. The van der Waals surface area contributed by atoms with Gasteiger partial charge in [0.15, 0.2) is 3.95 Å². The zero-order valence-electron chi connectivity index (χ0n) is 12.9. The number of rotatable bonds is 2. The molecule has 0 amide bonds. The molecule has 4 rings (SSSR count). The third-order valence-electron chi connectivity index (χ3n) is 3.87. The standard InChI is InChI=1S/C18H9BrClFN2OS2/c19-10-1-4-15-12(6-10)9(8-22-15)5-16-17(24)23(18(25)26-16)11-2-3-14(21)13(20)7-11/h1-8,24H. The number of aromatic hydroxyl groups is 1. The van der Waals surface area contributed by atoms with E-state index in [9.17, 15) is 9.50 Å². The predicted octanol–water partition coefficient (Wildman–Crippen LogP) is 6.79. The van der Waals surface area contributed by atoms with Crippen LogP contribution in [-0.4, -0.2) is 15.9 Å². The molecule has 0 atom stereocenters. The Balaban J connectivity index is 1.82. The number of benzene rings is 2. The third-order valence-corrected chi connectivity index (χ3v) is 5.97. The van der Waals surface area contributed by atoms with Gasteiger partial charge in [-0.3, -0.25) is 9.56 Å². The number of aromatic nitrogens is 1. The molecular weight excluding hydrogens is 459 g/mol. The Hall–Kier alpha value is -1.80. The molecule has 26 heavy (non-hydrogen) atoms. The molecule has 8 heteroatoms. The van der Waals surface area contributed by atoms with Gasteiger partial charge < -0.3 is 5.11 Å². The van der Waals surface area contributed by atoms with Gasteiger partial charge >= 0.3 is 0 Å². The quantitative estimate of drug-likeness (QED) is 0.422. The van der Waals surface area contributed by atoms with Gasteiger partial charge in [0.05, 0.1) is 21.3 Å². The number of thiazole rings is 1. The Labute approximate surface area is 170 Å². The molecule has 1 aromatic heterocycles. The average Bonchev–Trinajstić information content (AvgIpc) is 3.11. The number of hydrogen-bond acceptors (Lipinski definition) is 4. The van der Waals surface area contributed by atoms with E-state index in [-0.39, 0.29) is 10.9 Å². The van der Waals surface area contributed by atoms with Crippen LogP contribution in [0.5, 0.6) is 5.88 Å². The zero-order valence-corrected chi connectivity index (χ0v) is 16.9. The van der Waals surface area contributed by atoms with Crippen molar-refractivity contribution in [3.05, 3.63) is 66.1 Å². The van der Waals surface area contributed by atoms with E-state index in [1.165, 1.54) is 34.1 Å². The Morgan fingerprint density at radius 3 is 2.85 bits per heavy atom. The second-order valence-electron chi connectivity index (χ2n) is 5.51. The number of halogens is 3. The van der Waals surface area contributed by atoms with Crippen LogP contribution in [0.25, 0.3) is 17.3 Å². The van der Waals surface area contributed by atoms with Crippen molar-refractivity contribution in [2.24, 2.45) is 4.99 Å². The van der Waals surface area contributed by atoms with E-state index in [2.05, 4.69) is 20.9 Å². The first-order valence-electron chi connectivity index (χ1n) is 7.40. The highest BCUT2D eigenvalue weighted by Crippen LogP contribution is 2.38. The van der Waals surface area contributed by atoms with Gasteiger partial charge in [-0.2, -0.15) is 0 Å². The van der Waals surface area contributed by atoms with Crippen LogP contribution >= 0.6 is 51.1 Å². The molecule has 130 valence electrons. The topological polar surface area (TPSA) is 37.5 Å². The van der Waals surface area contributed by atoms with Crippen molar-refractivity contribution in [3.63, 3.8) is 0 Å². The first kappa shape index (κ1) is 17.6. The lowest BCUT2D eigenvalue weighted by Gasteiger charge is -2.06. The summed E-state index contributed by atoms with van der Waals surface area (Å²) < 4.78 is 16.3. The van der Waals surface area contributed by atoms with Crippen LogP contribution in [0.4, 0.5) is 10.1 Å². The number of allylic oxidation sites excluding steroid dienone is 1. The maximum Gasteiger partial charge on any atom is 0.215 e.